The number of nitrogens with zero attached hydrogens (tertiary/aromatic N) is 1. The zero-order valence-electron chi connectivity index (χ0n) is 40.1. The van der Waals surface area contributed by atoms with E-state index < -0.39 is 5.97 Å². The first-order valence-electron chi connectivity index (χ1n) is 24.8. The summed E-state index contributed by atoms with van der Waals surface area (Å²) in [5.41, 5.74) is 0.599. The molecule has 0 radical (unpaired) electrons. The van der Waals surface area contributed by atoms with Crippen LogP contribution in [-0.4, -0.2) is 74.1 Å². The number of carbonyl (C=O) groups is 4. The van der Waals surface area contributed by atoms with Gasteiger partial charge < -0.3 is 18.9 Å². The SMILES string of the molecule is CCCCCCCC/C=C\CCCCCCCC(=O)Oc1ccc(CC(=O)OCCSSCCOC(=O)CN(C)C)cc1OC(=O)CCCCCCC/C=C\CCCCCCCC. The number of hydrogen-bond donors (Lipinski definition) is 0. The van der Waals surface area contributed by atoms with E-state index in [-0.39, 0.29) is 61.8 Å². The highest BCUT2D eigenvalue weighted by Crippen LogP contribution is 2.30. The summed E-state index contributed by atoms with van der Waals surface area (Å²) in [6.07, 6.45) is 40.5. The fourth-order valence-electron chi connectivity index (χ4n) is 6.87. The zero-order chi connectivity index (χ0) is 45.9. The maximum absolute atomic E-state index is 13.0. The molecular weight excluding hydrogens is 831 g/mol. The summed E-state index contributed by atoms with van der Waals surface area (Å²) in [6, 6.07) is 4.91. The molecule has 9 nitrogen and oxygen atoms in total. The number of likely N-dealkylation sites (N-methyl/N-ethyl adjacent to an activating group) is 1. The molecule has 0 atom stereocenters. The van der Waals surface area contributed by atoms with Gasteiger partial charge >= 0.3 is 23.9 Å². The number of hydrogen-bond acceptors (Lipinski definition) is 11. The lowest BCUT2D eigenvalue weighted by Crippen LogP contribution is -2.24. The Bertz CT molecular complexity index is 1370. The molecule has 0 fully saturated rings. The van der Waals surface area contributed by atoms with Crippen molar-refractivity contribution in [3.05, 3.63) is 48.1 Å². The molecule has 0 bridgehead atoms. The number of rotatable bonds is 43. The van der Waals surface area contributed by atoms with Crippen molar-refractivity contribution in [3.63, 3.8) is 0 Å². The van der Waals surface area contributed by atoms with E-state index in [1.54, 1.807) is 44.7 Å². The number of ether oxygens (including phenoxy) is 4. The van der Waals surface area contributed by atoms with Crippen molar-refractivity contribution in [2.75, 3.05) is 45.4 Å². The second-order valence-corrected chi connectivity index (χ2v) is 19.6. The molecule has 0 unspecified atom stereocenters. The molecule has 0 N–H and O–H groups in total. The van der Waals surface area contributed by atoms with E-state index in [1.807, 2.05) is 14.1 Å². The average Bonchev–Trinajstić information content (AvgIpc) is 3.25. The first kappa shape index (κ1) is 58.3. The van der Waals surface area contributed by atoms with E-state index in [2.05, 4.69) is 38.2 Å². The lowest BCUT2D eigenvalue weighted by atomic mass is 10.1. The van der Waals surface area contributed by atoms with Crippen LogP contribution in [0.5, 0.6) is 11.5 Å². The first-order chi connectivity index (χ1) is 30.7. The second kappa shape index (κ2) is 43.1. The summed E-state index contributed by atoms with van der Waals surface area (Å²) in [6.45, 7) is 5.33. The van der Waals surface area contributed by atoms with Crippen LogP contribution in [0.2, 0.25) is 0 Å². The van der Waals surface area contributed by atoms with E-state index >= 15 is 0 Å². The summed E-state index contributed by atoms with van der Waals surface area (Å²) in [5.74, 6) is 0.157. The fraction of sp³-hybridized carbons (Fsp3) is 0.731. The van der Waals surface area contributed by atoms with Gasteiger partial charge in [-0.15, -0.1) is 0 Å². The van der Waals surface area contributed by atoms with Crippen LogP contribution < -0.4 is 9.47 Å². The van der Waals surface area contributed by atoms with Gasteiger partial charge in [0.15, 0.2) is 11.5 Å². The molecule has 1 aromatic rings. The highest BCUT2D eigenvalue weighted by molar-refractivity contribution is 8.76. The van der Waals surface area contributed by atoms with Crippen molar-refractivity contribution in [2.45, 2.75) is 200 Å². The molecule has 0 saturated heterocycles. The topological polar surface area (TPSA) is 108 Å². The smallest absolute Gasteiger partial charge is 0.320 e. The Hall–Kier alpha value is -2.76. The summed E-state index contributed by atoms with van der Waals surface area (Å²) < 4.78 is 22.1. The predicted molar refractivity (Wildman–Crippen MR) is 266 cm³/mol. The van der Waals surface area contributed by atoms with Gasteiger partial charge in [-0.1, -0.05) is 169 Å². The van der Waals surface area contributed by atoms with Gasteiger partial charge in [-0.05, 0) is 96.0 Å². The highest BCUT2D eigenvalue weighted by atomic mass is 33.1. The van der Waals surface area contributed by atoms with E-state index in [0.29, 0.717) is 23.7 Å². The number of allylic oxidation sites excluding steroid dienone is 4. The van der Waals surface area contributed by atoms with Gasteiger partial charge in [0.25, 0.3) is 0 Å². The quantitative estimate of drug-likeness (QED) is 0.0205. The van der Waals surface area contributed by atoms with Gasteiger partial charge in [-0.2, -0.15) is 0 Å². The summed E-state index contributed by atoms with van der Waals surface area (Å²) in [7, 11) is 6.73. The molecule has 0 aliphatic heterocycles. The number of carbonyl (C=O) groups excluding carboxylic acids is 4. The fourth-order valence-corrected chi connectivity index (χ4v) is 8.53. The van der Waals surface area contributed by atoms with Crippen molar-refractivity contribution < 1.29 is 38.1 Å². The standard InChI is InChI=1S/C52H87NO8S2/c1-5-7-9-11-13-15-17-19-21-23-25-27-29-31-33-35-49(54)60-47-38-37-46(44-51(56)58-39-41-62-63-42-40-59-52(57)45-53(3)4)43-48(47)61-50(55)36-34-32-30-28-26-24-22-20-18-16-14-12-10-8-6-2/h19-22,37-38,43H,5-18,23-36,39-42,44-45H2,1-4H3/b21-19-,22-20-. The molecule has 0 saturated carbocycles. The molecule has 0 spiro atoms. The lowest BCUT2D eigenvalue weighted by molar-refractivity contribution is -0.144. The number of esters is 4. The predicted octanol–water partition coefficient (Wildman–Crippen LogP) is 14.1. The van der Waals surface area contributed by atoms with Gasteiger partial charge in [0.05, 0.1) is 13.0 Å². The summed E-state index contributed by atoms with van der Waals surface area (Å²) >= 11 is 0. The minimum absolute atomic E-state index is 0.0123. The van der Waals surface area contributed by atoms with Gasteiger partial charge in [-0.25, -0.2) is 0 Å². The molecular formula is C52H87NO8S2. The molecule has 0 aromatic heterocycles. The van der Waals surface area contributed by atoms with E-state index in [1.165, 1.54) is 96.3 Å². The molecule has 0 heterocycles. The Kier molecular flexibility index (Phi) is 39.9. The van der Waals surface area contributed by atoms with Crippen LogP contribution in [-0.2, 0) is 35.1 Å². The van der Waals surface area contributed by atoms with Crippen LogP contribution >= 0.6 is 21.6 Å². The molecule has 63 heavy (non-hydrogen) atoms. The van der Waals surface area contributed by atoms with E-state index in [9.17, 15) is 19.2 Å². The van der Waals surface area contributed by atoms with Crippen molar-refractivity contribution in [2.24, 2.45) is 0 Å². The minimum Gasteiger partial charge on any atom is -0.465 e. The van der Waals surface area contributed by atoms with Gasteiger partial charge in [-0.3, -0.25) is 24.1 Å². The number of unbranched alkanes of at least 4 members (excludes halogenated alkanes) is 22. The summed E-state index contributed by atoms with van der Waals surface area (Å²) in [4.78, 5) is 52.0. The molecule has 1 rings (SSSR count). The van der Waals surface area contributed by atoms with Crippen molar-refractivity contribution in [1.82, 2.24) is 4.90 Å². The van der Waals surface area contributed by atoms with Crippen molar-refractivity contribution >= 4 is 45.5 Å². The molecule has 0 amide bonds. The third kappa shape index (κ3) is 38.2. The maximum Gasteiger partial charge on any atom is 0.320 e. The van der Waals surface area contributed by atoms with Crippen molar-refractivity contribution in [1.29, 1.82) is 0 Å². The molecule has 0 aliphatic carbocycles. The van der Waals surface area contributed by atoms with Gasteiger partial charge in [0.1, 0.15) is 13.2 Å². The summed E-state index contributed by atoms with van der Waals surface area (Å²) in [5, 5.41) is 0. The van der Waals surface area contributed by atoms with Crippen LogP contribution in [0.15, 0.2) is 42.5 Å². The first-order valence-corrected chi connectivity index (χ1v) is 27.3. The monoisotopic (exact) mass is 918 g/mol. The van der Waals surface area contributed by atoms with Gasteiger partial charge in [0, 0.05) is 24.3 Å². The Morgan fingerprint density at radius 3 is 1.33 bits per heavy atom. The average molecular weight is 918 g/mol. The third-order valence-electron chi connectivity index (χ3n) is 10.5. The highest BCUT2D eigenvalue weighted by Gasteiger charge is 2.17. The van der Waals surface area contributed by atoms with Crippen LogP contribution in [0.1, 0.15) is 199 Å². The van der Waals surface area contributed by atoms with Gasteiger partial charge in [0.2, 0.25) is 0 Å². The van der Waals surface area contributed by atoms with Crippen LogP contribution in [0, 0.1) is 0 Å². The number of benzene rings is 1. The molecule has 360 valence electrons. The Morgan fingerprint density at radius 1 is 0.492 bits per heavy atom. The molecule has 11 heteroatoms. The van der Waals surface area contributed by atoms with Crippen LogP contribution in [0.25, 0.3) is 0 Å². The second-order valence-electron chi connectivity index (χ2n) is 16.9. The van der Waals surface area contributed by atoms with E-state index in [4.69, 9.17) is 18.9 Å². The third-order valence-corrected chi connectivity index (χ3v) is 12.8. The Morgan fingerprint density at radius 2 is 0.889 bits per heavy atom. The Labute approximate surface area is 391 Å². The normalized spacial score (nSPS) is 11.5. The molecule has 1 aromatic carbocycles. The maximum atomic E-state index is 13.0. The zero-order valence-corrected chi connectivity index (χ0v) is 41.7. The van der Waals surface area contributed by atoms with E-state index in [0.717, 1.165) is 70.6 Å². The van der Waals surface area contributed by atoms with Crippen LogP contribution in [0.3, 0.4) is 0 Å². The minimum atomic E-state index is -0.405. The lowest BCUT2D eigenvalue weighted by Gasteiger charge is -2.13. The Balaban J connectivity index is 2.51. The molecule has 0 aliphatic rings. The largest absolute Gasteiger partial charge is 0.465 e. The van der Waals surface area contributed by atoms with Crippen LogP contribution in [0.4, 0.5) is 0 Å². The van der Waals surface area contributed by atoms with Crippen molar-refractivity contribution in [3.8, 4) is 11.5 Å².